The van der Waals surface area contributed by atoms with Gasteiger partial charge in [0.25, 0.3) is 0 Å². The number of halogens is 3. The van der Waals surface area contributed by atoms with E-state index in [1.54, 1.807) is 13.8 Å². The molecule has 6 nitrogen and oxygen atoms in total. The number of nitrogens with one attached hydrogen (secondary N) is 1. The minimum atomic E-state index is -1.13. The summed E-state index contributed by atoms with van der Waals surface area (Å²) in [5.74, 6) is -3.70. The van der Waals surface area contributed by atoms with Gasteiger partial charge in [0.15, 0.2) is 11.6 Å². The molecule has 0 unspecified atom stereocenters. The van der Waals surface area contributed by atoms with Crippen molar-refractivity contribution >= 4 is 17.6 Å². The van der Waals surface area contributed by atoms with Gasteiger partial charge in [-0.15, -0.1) is 0 Å². The smallest absolute Gasteiger partial charge is 0.323 e. The van der Waals surface area contributed by atoms with E-state index in [1.807, 2.05) is 0 Å². The summed E-state index contributed by atoms with van der Waals surface area (Å²) in [6.07, 6.45) is -0.223. The monoisotopic (exact) mass is 299 g/mol. The van der Waals surface area contributed by atoms with Crippen LogP contribution in [0.1, 0.15) is 13.8 Å². The Morgan fingerprint density at radius 2 is 1.71 bits per heavy atom. The van der Waals surface area contributed by atoms with Gasteiger partial charge in [0.1, 0.15) is 11.5 Å². The van der Waals surface area contributed by atoms with Crippen LogP contribution in [0.4, 0.5) is 30.8 Å². The zero-order valence-corrected chi connectivity index (χ0v) is 11.2. The molecule has 9 heteroatoms. The van der Waals surface area contributed by atoms with E-state index in [4.69, 9.17) is 10.5 Å². The van der Waals surface area contributed by atoms with Crippen LogP contribution in [0.2, 0.25) is 0 Å². The first-order valence-electron chi connectivity index (χ1n) is 5.95. The van der Waals surface area contributed by atoms with Crippen molar-refractivity contribution in [2.75, 3.05) is 11.1 Å². The molecule has 1 heterocycles. The van der Waals surface area contributed by atoms with E-state index in [1.165, 1.54) is 0 Å². The lowest BCUT2D eigenvalue weighted by atomic mass is 10.3. The van der Waals surface area contributed by atoms with Crippen molar-refractivity contribution in [2.45, 2.75) is 20.0 Å². The summed E-state index contributed by atoms with van der Waals surface area (Å²) < 4.78 is 45.1. The molecule has 0 fully saturated rings. The van der Waals surface area contributed by atoms with Crippen LogP contribution in [-0.2, 0) is 0 Å². The lowest BCUT2D eigenvalue weighted by Crippen LogP contribution is -2.12. The summed E-state index contributed by atoms with van der Waals surface area (Å²) in [5, 5.41) is 2.28. The summed E-state index contributed by atoms with van der Waals surface area (Å²) in [6.45, 7) is 3.48. The molecule has 2 rings (SSSR count). The molecular formula is C12H12F3N5O. The number of hydrogen-bond acceptors (Lipinski definition) is 6. The number of anilines is 3. The van der Waals surface area contributed by atoms with Crippen molar-refractivity contribution in [3.63, 3.8) is 0 Å². The minimum absolute atomic E-state index is 0.0945. The number of hydrogen-bond donors (Lipinski definition) is 2. The molecule has 112 valence electrons. The van der Waals surface area contributed by atoms with Gasteiger partial charge < -0.3 is 15.8 Å². The third-order valence-corrected chi connectivity index (χ3v) is 2.22. The van der Waals surface area contributed by atoms with E-state index in [0.29, 0.717) is 12.1 Å². The Morgan fingerprint density at radius 1 is 1.10 bits per heavy atom. The first kappa shape index (κ1) is 14.8. The second-order valence-electron chi connectivity index (χ2n) is 4.34. The number of aromatic nitrogens is 3. The molecule has 0 amide bonds. The van der Waals surface area contributed by atoms with Crippen molar-refractivity contribution in [1.29, 1.82) is 0 Å². The van der Waals surface area contributed by atoms with Crippen LogP contribution in [-0.4, -0.2) is 21.1 Å². The molecule has 0 aliphatic rings. The highest BCUT2D eigenvalue weighted by Gasteiger charge is 2.14. The largest absolute Gasteiger partial charge is 0.461 e. The fraction of sp³-hybridized carbons (Fsp3) is 0.250. The van der Waals surface area contributed by atoms with Crippen molar-refractivity contribution in [3.05, 3.63) is 29.6 Å². The van der Waals surface area contributed by atoms with Gasteiger partial charge in [-0.3, -0.25) is 0 Å². The zero-order valence-electron chi connectivity index (χ0n) is 11.2. The standard InChI is InChI=1S/C12H12F3N5O/c1-5(2)21-12-19-10(16)18-11(20-12)17-9-7(14)3-6(13)4-8(9)15/h3-5H,1-2H3,(H3,16,17,18,19,20). The summed E-state index contributed by atoms with van der Waals surface area (Å²) in [6, 6.07) is 0.964. The predicted molar refractivity (Wildman–Crippen MR) is 69.6 cm³/mol. The maximum Gasteiger partial charge on any atom is 0.323 e. The molecular weight excluding hydrogens is 287 g/mol. The number of nitrogens with two attached hydrogens (primary N) is 1. The van der Waals surface area contributed by atoms with Gasteiger partial charge >= 0.3 is 6.01 Å². The molecule has 21 heavy (non-hydrogen) atoms. The van der Waals surface area contributed by atoms with E-state index in [2.05, 4.69) is 20.3 Å². The van der Waals surface area contributed by atoms with Gasteiger partial charge in [-0.1, -0.05) is 0 Å². The minimum Gasteiger partial charge on any atom is -0.461 e. The molecule has 0 atom stereocenters. The number of rotatable bonds is 4. The maximum absolute atomic E-state index is 13.5. The summed E-state index contributed by atoms with van der Waals surface area (Å²) in [5.41, 5.74) is 4.86. The molecule has 0 saturated heterocycles. The average molecular weight is 299 g/mol. The highest BCUT2D eigenvalue weighted by atomic mass is 19.1. The van der Waals surface area contributed by atoms with Gasteiger partial charge in [-0.25, -0.2) is 13.2 Å². The third kappa shape index (κ3) is 3.71. The Bertz CT molecular complexity index is 642. The van der Waals surface area contributed by atoms with E-state index in [9.17, 15) is 13.2 Å². The first-order chi connectivity index (χ1) is 9.85. The highest BCUT2D eigenvalue weighted by Crippen LogP contribution is 2.23. The molecule has 0 aliphatic heterocycles. The number of nitrogen functional groups attached to an aromatic ring is 1. The van der Waals surface area contributed by atoms with E-state index < -0.39 is 23.1 Å². The van der Waals surface area contributed by atoms with Crippen LogP contribution < -0.4 is 15.8 Å². The topological polar surface area (TPSA) is 86.0 Å². The average Bonchev–Trinajstić information content (AvgIpc) is 2.32. The molecule has 3 N–H and O–H groups in total. The Labute approximate surface area is 118 Å². The molecule has 0 aliphatic carbocycles. The summed E-state index contributed by atoms with van der Waals surface area (Å²) in [7, 11) is 0. The molecule has 0 spiro atoms. The fourth-order valence-corrected chi connectivity index (χ4v) is 1.46. The van der Waals surface area contributed by atoms with Crippen LogP contribution in [0.3, 0.4) is 0 Å². The predicted octanol–water partition coefficient (Wildman–Crippen LogP) is 2.40. The number of ether oxygens (including phenoxy) is 1. The Kier molecular flexibility index (Phi) is 4.10. The molecule has 0 radical (unpaired) electrons. The summed E-state index contributed by atoms with van der Waals surface area (Å²) >= 11 is 0. The maximum atomic E-state index is 13.5. The molecule has 1 aromatic heterocycles. The lowest BCUT2D eigenvalue weighted by molar-refractivity contribution is 0.222. The van der Waals surface area contributed by atoms with E-state index in [0.717, 1.165) is 0 Å². The molecule has 0 saturated carbocycles. The van der Waals surface area contributed by atoms with Crippen LogP contribution in [0.5, 0.6) is 6.01 Å². The van der Waals surface area contributed by atoms with Crippen molar-refractivity contribution in [3.8, 4) is 6.01 Å². The lowest BCUT2D eigenvalue weighted by Gasteiger charge is -2.11. The number of benzene rings is 1. The van der Waals surface area contributed by atoms with Crippen molar-refractivity contribution < 1.29 is 17.9 Å². The Hall–Kier alpha value is -2.58. The van der Waals surface area contributed by atoms with Gasteiger partial charge in [0, 0.05) is 12.1 Å². The van der Waals surface area contributed by atoms with Gasteiger partial charge in [-0.05, 0) is 13.8 Å². The number of nitrogens with zero attached hydrogens (tertiary/aromatic N) is 3. The van der Waals surface area contributed by atoms with E-state index in [-0.39, 0.29) is 24.0 Å². The summed E-state index contributed by atoms with van der Waals surface area (Å²) in [4.78, 5) is 11.2. The van der Waals surface area contributed by atoms with Crippen LogP contribution >= 0.6 is 0 Å². The molecule has 2 aromatic rings. The van der Waals surface area contributed by atoms with Crippen LogP contribution in [0.15, 0.2) is 12.1 Å². The van der Waals surface area contributed by atoms with Crippen molar-refractivity contribution in [1.82, 2.24) is 15.0 Å². The van der Waals surface area contributed by atoms with Gasteiger partial charge in [0.2, 0.25) is 11.9 Å². The Morgan fingerprint density at radius 3 is 2.29 bits per heavy atom. The van der Waals surface area contributed by atoms with Gasteiger partial charge in [-0.2, -0.15) is 15.0 Å². The fourth-order valence-electron chi connectivity index (χ4n) is 1.46. The SMILES string of the molecule is CC(C)Oc1nc(N)nc(Nc2c(F)cc(F)cc2F)n1. The third-order valence-electron chi connectivity index (χ3n) is 2.22. The van der Waals surface area contributed by atoms with Crippen LogP contribution in [0.25, 0.3) is 0 Å². The second kappa shape index (κ2) is 5.81. The zero-order chi connectivity index (χ0) is 15.6. The Balaban J connectivity index is 2.33. The highest BCUT2D eigenvalue weighted by molar-refractivity contribution is 5.55. The normalized spacial score (nSPS) is 10.8. The molecule has 0 bridgehead atoms. The quantitative estimate of drug-likeness (QED) is 0.901. The van der Waals surface area contributed by atoms with E-state index >= 15 is 0 Å². The second-order valence-corrected chi connectivity index (χ2v) is 4.34. The van der Waals surface area contributed by atoms with Crippen LogP contribution in [0, 0.1) is 17.5 Å². The van der Waals surface area contributed by atoms with Crippen molar-refractivity contribution in [2.24, 2.45) is 0 Å². The van der Waals surface area contributed by atoms with Gasteiger partial charge in [0.05, 0.1) is 6.10 Å². The first-order valence-corrected chi connectivity index (χ1v) is 5.95. The molecule has 1 aromatic carbocycles.